The molecule has 0 saturated heterocycles. The maximum Gasteiger partial charge on any atom is 0.0589 e. The predicted molar refractivity (Wildman–Crippen MR) is 75.6 cm³/mol. The second-order valence-electron chi connectivity index (χ2n) is 5.12. The van der Waals surface area contributed by atoms with Gasteiger partial charge in [0.1, 0.15) is 0 Å². The van der Waals surface area contributed by atoms with E-state index >= 15 is 0 Å². The van der Waals surface area contributed by atoms with Gasteiger partial charge in [-0.25, -0.2) is 0 Å². The highest BCUT2D eigenvalue weighted by Crippen LogP contribution is 2.03. The van der Waals surface area contributed by atoms with Crippen LogP contribution in [0.5, 0.6) is 0 Å². The molecule has 3 nitrogen and oxygen atoms in total. The summed E-state index contributed by atoms with van der Waals surface area (Å²) in [6.45, 7) is 13.2. The molecule has 0 aromatic heterocycles. The van der Waals surface area contributed by atoms with Gasteiger partial charge in [-0.2, -0.15) is 0 Å². The van der Waals surface area contributed by atoms with E-state index in [0.29, 0.717) is 12.1 Å². The first-order chi connectivity index (χ1) is 8.11. The van der Waals surface area contributed by atoms with Crippen LogP contribution in [-0.2, 0) is 4.74 Å². The van der Waals surface area contributed by atoms with E-state index in [1.54, 1.807) is 7.11 Å². The lowest BCUT2D eigenvalue weighted by atomic mass is 10.1. The largest absolute Gasteiger partial charge is 0.383 e. The monoisotopic (exact) mass is 244 g/mol. The van der Waals surface area contributed by atoms with Gasteiger partial charge in [0.15, 0.2) is 0 Å². The van der Waals surface area contributed by atoms with Gasteiger partial charge >= 0.3 is 0 Å². The summed E-state index contributed by atoms with van der Waals surface area (Å²) in [5.74, 6) is 0. The molecule has 0 aliphatic heterocycles. The third-order valence-electron chi connectivity index (χ3n) is 3.14. The van der Waals surface area contributed by atoms with Gasteiger partial charge in [-0.3, -0.25) is 4.90 Å². The van der Waals surface area contributed by atoms with E-state index in [9.17, 15) is 0 Å². The van der Waals surface area contributed by atoms with Crippen LogP contribution in [0.1, 0.15) is 47.0 Å². The van der Waals surface area contributed by atoms with Crippen LogP contribution in [0.25, 0.3) is 0 Å². The van der Waals surface area contributed by atoms with Crippen molar-refractivity contribution in [2.75, 3.05) is 33.4 Å². The Bertz CT molecular complexity index is 162. The van der Waals surface area contributed by atoms with E-state index in [2.05, 4.69) is 37.9 Å². The van der Waals surface area contributed by atoms with Crippen molar-refractivity contribution in [1.29, 1.82) is 0 Å². The normalized spacial score (nSPS) is 13.6. The molecule has 0 aromatic rings. The molecule has 0 fully saturated rings. The Labute approximate surface area is 108 Å². The SMILES string of the molecule is CCCNC(C)CCCN(CCOC)C(C)C. The molecule has 0 rings (SSSR count). The van der Waals surface area contributed by atoms with Crippen LogP contribution < -0.4 is 5.32 Å². The summed E-state index contributed by atoms with van der Waals surface area (Å²) in [7, 11) is 1.77. The van der Waals surface area contributed by atoms with Crippen LogP contribution >= 0.6 is 0 Å². The summed E-state index contributed by atoms with van der Waals surface area (Å²) in [6.07, 6.45) is 3.74. The van der Waals surface area contributed by atoms with Gasteiger partial charge in [0.2, 0.25) is 0 Å². The number of hydrogen-bond acceptors (Lipinski definition) is 3. The number of methoxy groups -OCH3 is 1. The molecule has 104 valence electrons. The standard InChI is InChI=1S/C14H32N2O/c1-6-9-15-14(4)8-7-10-16(13(2)3)11-12-17-5/h13-15H,6-12H2,1-5H3. The number of ether oxygens (including phenoxy) is 1. The average Bonchev–Trinajstić information content (AvgIpc) is 2.30. The third-order valence-corrected chi connectivity index (χ3v) is 3.14. The molecule has 0 aliphatic carbocycles. The zero-order valence-electron chi connectivity index (χ0n) is 12.5. The number of nitrogens with zero attached hydrogens (tertiary/aromatic N) is 1. The molecule has 0 aromatic carbocycles. The van der Waals surface area contributed by atoms with Crippen LogP contribution in [0, 0.1) is 0 Å². The van der Waals surface area contributed by atoms with Gasteiger partial charge in [0, 0.05) is 25.7 Å². The number of hydrogen-bond donors (Lipinski definition) is 1. The van der Waals surface area contributed by atoms with E-state index < -0.39 is 0 Å². The predicted octanol–water partition coefficient (Wildman–Crippen LogP) is 2.51. The maximum atomic E-state index is 5.15. The van der Waals surface area contributed by atoms with Crippen molar-refractivity contribution in [3.8, 4) is 0 Å². The van der Waals surface area contributed by atoms with Crippen molar-refractivity contribution in [2.24, 2.45) is 0 Å². The summed E-state index contributed by atoms with van der Waals surface area (Å²) in [6, 6.07) is 1.26. The van der Waals surface area contributed by atoms with E-state index in [0.717, 1.165) is 19.7 Å². The maximum absolute atomic E-state index is 5.15. The van der Waals surface area contributed by atoms with Crippen molar-refractivity contribution in [3.63, 3.8) is 0 Å². The molecule has 0 bridgehead atoms. The molecular weight excluding hydrogens is 212 g/mol. The topological polar surface area (TPSA) is 24.5 Å². The van der Waals surface area contributed by atoms with Crippen LogP contribution in [-0.4, -0.2) is 50.3 Å². The minimum absolute atomic E-state index is 0.615. The lowest BCUT2D eigenvalue weighted by molar-refractivity contribution is 0.127. The highest BCUT2D eigenvalue weighted by Gasteiger charge is 2.09. The molecule has 0 amide bonds. The fourth-order valence-electron chi connectivity index (χ4n) is 1.93. The minimum atomic E-state index is 0.615. The van der Waals surface area contributed by atoms with E-state index in [4.69, 9.17) is 4.74 Å². The Hall–Kier alpha value is -0.120. The van der Waals surface area contributed by atoms with E-state index in [-0.39, 0.29) is 0 Å². The fourth-order valence-corrected chi connectivity index (χ4v) is 1.93. The van der Waals surface area contributed by atoms with Gasteiger partial charge < -0.3 is 10.1 Å². The summed E-state index contributed by atoms with van der Waals surface area (Å²) >= 11 is 0. The zero-order valence-corrected chi connectivity index (χ0v) is 12.5. The third kappa shape index (κ3) is 9.57. The van der Waals surface area contributed by atoms with Crippen molar-refractivity contribution in [1.82, 2.24) is 10.2 Å². The lowest BCUT2D eigenvalue weighted by Gasteiger charge is -2.26. The quantitative estimate of drug-likeness (QED) is 0.604. The molecular formula is C14H32N2O. The van der Waals surface area contributed by atoms with Gasteiger partial charge in [0.05, 0.1) is 6.61 Å². The van der Waals surface area contributed by atoms with Crippen molar-refractivity contribution < 1.29 is 4.74 Å². The van der Waals surface area contributed by atoms with E-state index in [1.165, 1.54) is 25.8 Å². The number of nitrogens with one attached hydrogen (secondary N) is 1. The van der Waals surface area contributed by atoms with Gasteiger partial charge in [-0.15, -0.1) is 0 Å². The molecule has 1 N–H and O–H groups in total. The van der Waals surface area contributed by atoms with Gasteiger partial charge in [-0.05, 0) is 53.1 Å². The van der Waals surface area contributed by atoms with Crippen molar-refractivity contribution in [2.45, 2.75) is 59.0 Å². The first kappa shape index (κ1) is 16.9. The summed E-state index contributed by atoms with van der Waals surface area (Å²) in [5, 5.41) is 3.54. The Morgan fingerprint density at radius 2 is 1.88 bits per heavy atom. The highest BCUT2D eigenvalue weighted by atomic mass is 16.5. The molecule has 0 aliphatic rings. The Kier molecular flexibility index (Phi) is 10.9. The molecule has 3 heteroatoms. The molecule has 0 heterocycles. The van der Waals surface area contributed by atoms with Crippen LogP contribution in [0.4, 0.5) is 0 Å². The highest BCUT2D eigenvalue weighted by molar-refractivity contribution is 4.66. The Morgan fingerprint density at radius 3 is 2.41 bits per heavy atom. The molecule has 1 atom stereocenters. The van der Waals surface area contributed by atoms with Crippen molar-refractivity contribution in [3.05, 3.63) is 0 Å². The smallest absolute Gasteiger partial charge is 0.0589 e. The minimum Gasteiger partial charge on any atom is -0.383 e. The molecule has 0 radical (unpaired) electrons. The summed E-state index contributed by atoms with van der Waals surface area (Å²) < 4.78 is 5.15. The lowest BCUT2D eigenvalue weighted by Crippen LogP contribution is -2.35. The number of rotatable bonds is 11. The zero-order chi connectivity index (χ0) is 13.1. The molecule has 0 spiro atoms. The first-order valence-corrected chi connectivity index (χ1v) is 7.08. The first-order valence-electron chi connectivity index (χ1n) is 7.08. The Balaban J connectivity index is 3.66. The second-order valence-corrected chi connectivity index (χ2v) is 5.12. The van der Waals surface area contributed by atoms with E-state index in [1.807, 2.05) is 0 Å². The fraction of sp³-hybridized carbons (Fsp3) is 1.00. The van der Waals surface area contributed by atoms with Crippen LogP contribution in [0.15, 0.2) is 0 Å². The van der Waals surface area contributed by atoms with Crippen molar-refractivity contribution >= 4 is 0 Å². The van der Waals surface area contributed by atoms with Crippen LogP contribution in [0.3, 0.4) is 0 Å². The van der Waals surface area contributed by atoms with Gasteiger partial charge in [-0.1, -0.05) is 6.92 Å². The molecule has 0 saturated carbocycles. The molecule has 17 heavy (non-hydrogen) atoms. The summed E-state index contributed by atoms with van der Waals surface area (Å²) in [5.41, 5.74) is 0. The van der Waals surface area contributed by atoms with Gasteiger partial charge in [0.25, 0.3) is 0 Å². The Morgan fingerprint density at radius 1 is 1.18 bits per heavy atom. The summed E-state index contributed by atoms with van der Waals surface area (Å²) in [4.78, 5) is 2.50. The molecule has 1 unspecified atom stereocenters. The van der Waals surface area contributed by atoms with Crippen LogP contribution in [0.2, 0.25) is 0 Å². The average molecular weight is 244 g/mol. The second kappa shape index (κ2) is 11.0.